The highest BCUT2D eigenvalue weighted by molar-refractivity contribution is 5.95. The maximum atomic E-state index is 13.4. The van der Waals surface area contributed by atoms with Gasteiger partial charge in [-0.05, 0) is 31.4 Å². The van der Waals surface area contributed by atoms with E-state index in [0.29, 0.717) is 30.0 Å². The zero-order valence-corrected chi connectivity index (χ0v) is 18.2. The second-order valence-electron chi connectivity index (χ2n) is 7.79. The van der Waals surface area contributed by atoms with Gasteiger partial charge in [-0.1, -0.05) is 13.8 Å². The number of carbonyl (C=O) groups excluding carboxylic acids is 1. The van der Waals surface area contributed by atoms with Crippen molar-refractivity contribution in [3.63, 3.8) is 0 Å². The minimum atomic E-state index is -4.48. The lowest BCUT2D eigenvalue weighted by atomic mass is 9.97. The highest BCUT2D eigenvalue weighted by atomic mass is 19.4. The molecule has 0 unspecified atom stereocenters. The van der Waals surface area contributed by atoms with Gasteiger partial charge in [-0.15, -0.1) is 4.80 Å². The number of hydrogen-bond acceptors (Lipinski definition) is 6. The monoisotopic (exact) mass is 447 g/mol. The molecule has 0 fully saturated rings. The Bertz CT molecular complexity index is 1050. The van der Waals surface area contributed by atoms with Crippen LogP contribution in [0.25, 0.3) is 5.69 Å². The maximum Gasteiger partial charge on any atom is 0.419 e. The summed E-state index contributed by atoms with van der Waals surface area (Å²) in [4.78, 5) is 28.4. The van der Waals surface area contributed by atoms with E-state index in [1.165, 1.54) is 17.2 Å². The molecule has 8 nitrogen and oxygen atoms in total. The van der Waals surface area contributed by atoms with E-state index in [4.69, 9.17) is 0 Å². The summed E-state index contributed by atoms with van der Waals surface area (Å²) in [5.41, 5.74) is 0.474. The average Bonchev–Trinajstić information content (AvgIpc) is 3.27. The van der Waals surface area contributed by atoms with Crippen molar-refractivity contribution >= 4 is 5.91 Å². The van der Waals surface area contributed by atoms with Crippen LogP contribution < -0.4 is 0 Å². The summed E-state index contributed by atoms with van der Waals surface area (Å²) in [5.74, 6) is 0.0714. The number of carbonyl (C=O) groups is 1. The second-order valence-corrected chi connectivity index (χ2v) is 7.79. The second kappa shape index (κ2) is 9.41. The highest BCUT2D eigenvalue weighted by Crippen LogP contribution is 2.28. The summed E-state index contributed by atoms with van der Waals surface area (Å²) < 4.78 is 38.2. The Morgan fingerprint density at radius 1 is 1.12 bits per heavy atom. The predicted molar refractivity (Wildman–Crippen MR) is 110 cm³/mol. The molecule has 0 aliphatic rings. The molecule has 3 aromatic heterocycles. The Morgan fingerprint density at radius 3 is 2.31 bits per heavy atom. The van der Waals surface area contributed by atoms with E-state index in [0.717, 1.165) is 12.4 Å². The Morgan fingerprint density at radius 2 is 1.75 bits per heavy atom. The van der Waals surface area contributed by atoms with Crippen LogP contribution in [0.2, 0.25) is 0 Å². The molecular formula is C21H24F3N7O. The first kappa shape index (κ1) is 23.3. The average molecular weight is 447 g/mol. The van der Waals surface area contributed by atoms with Crippen LogP contribution in [0.15, 0.2) is 36.9 Å². The molecule has 0 bridgehead atoms. The normalized spacial score (nSPS) is 12.8. The smallest absolute Gasteiger partial charge is 0.337 e. The number of aromatic nitrogens is 6. The summed E-state index contributed by atoms with van der Waals surface area (Å²) >= 11 is 0. The van der Waals surface area contributed by atoms with E-state index in [1.54, 1.807) is 31.0 Å². The van der Waals surface area contributed by atoms with Gasteiger partial charge in [-0.25, -0.2) is 15.0 Å². The minimum Gasteiger partial charge on any atom is -0.337 e. The van der Waals surface area contributed by atoms with E-state index in [-0.39, 0.29) is 23.6 Å². The molecule has 3 rings (SSSR count). The number of pyridine rings is 1. The van der Waals surface area contributed by atoms with Gasteiger partial charge in [0.05, 0.1) is 18.0 Å². The Labute approximate surface area is 183 Å². The van der Waals surface area contributed by atoms with Crippen molar-refractivity contribution in [1.82, 2.24) is 34.8 Å². The molecule has 0 aliphatic heterocycles. The van der Waals surface area contributed by atoms with Gasteiger partial charge < -0.3 is 4.90 Å². The molecule has 0 spiro atoms. The number of halogens is 3. The van der Waals surface area contributed by atoms with Crippen molar-refractivity contribution in [2.75, 3.05) is 7.05 Å². The third-order valence-electron chi connectivity index (χ3n) is 5.13. The van der Waals surface area contributed by atoms with Crippen LogP contribution in [-0.4, -0.2) is 53.8 Å². The van der Waals surface area contributed by atoms with Crippen LogP contribution in [0.1, 0.15) is 47.8 Å². The summed E-state index contributed by atoms with van der Waals surface area (Å²) in [6.45, 7) is 5.74. The first-order valence-electron chi connectivity index (χ1n) is 10.1. The van der Waals surface area contributed by atoms with E-state index in [1.807, 2.05) is 13.8 Å². The first-order valence-corrected chi connectivity index (χ1v) is 10.1. The van der Waals surface area contributed by atoms with E-state index >= 15 is 0 Å². The SMILES string of the molecule is Cc1ccc(-n2nccn2)c(C(=O)N(C)[C@H](CCc2ncc(C(F)(F)F)cn2)C(C)C)n1. The van der Waals surface area contributed by atoms with Gasteiger partial charge in [0.25, 0.3) is 5.91 Å². The molecule has 0 N–H and O–H groups in total. The molecule has 170 valence electrons. The molecule has 3 aromatic rings. The van der Waals surface area contributed by atoms with E-state index in [9.17, 15) is 18.0 Å². The van der Waals surface area contributed by atoms with Crippen molar-refractivity contribution in [3.05, 3.63) is 59.7 Å². The molecule has 1 atom stereocenters. The number of alkyl halides is 3. The fourth-order valence-corrected chi connectivity index (χ4v) is 3.41. The van der Waals surface area contributed by atoms with Gasteiger partial charge >= 0.3 is 6.18 Å². The lowest BCUT2D eigenvalue weighted by molar-refractivity contribution is -0.138. The summed E-state index contributed by atoms with van der Waals surface area (Å²) in [7, 11) is 1.69. The number of hydrogen-bond donors (Lipinski definition) is 0. The zero-order valence-electron chi connectivity index (χ0n) is 18.2. The summed E-state index contributed by atoms with van der Waals surface area (Å²) in [6, 6.07) is 3.30. The Hall–Kier alpha value is -3.37. The van der Waals surface area contributed by atoms with Gasteiger partial charge in [0.15, 0.2) is 5.69 Å². The number of aryl methyl sites for hydroxylation is 2. The maximum absolute atomic E-state index is 13.4. The summed E-state index contributed by atoms with van der Waals surface area (Å²) in [6.07, 6.45) is 0.911. The molecule has 0 aromatic carbocycles. The molecule has 0 aliphatic carbocycles. The van der Waals surface area contributed by atoms with E-state index in [2.05, 4.69) is 25.1 Å². The Balaban J connectivity index is 1.79. The summed E-state index contributed by atoms with van der Waals surface area (Å²) in [5, 5.41) is 8.19. The highest BCUT2D eigenvalue weighted by Gasteiger charge is 2.31. The van der Waals surface area contributed by atoms with E-state index < -0.39 is 11.7 Å². The number of rotatable bonds is 7. The fourth-order valence-electron chi connectivity index (χ4n) is 3.41. The third kappa shape index (κ3) is 5.27. The van der Waals surface area contributed by atoms with Crippen molar-refractivity contribution in [1.29, 1.82) is 0 Å². The standard InChI is InChI=1S/C21H24F3N7O/c1-13(2)16(7-8-18-25-11-15(12-26-18)21(22,23)24)30(4)20(32)19-17(6-5-14(3)29-19)31-27-9-10-28-31/h5-6,9-13,16H,7-8H2,1-4H3/t16-/m1/s1. The van der Waals surface area contributed by atoms with Crippen LogP contribution in [0.4, 0.5) is 13.2 Å². The molecule has 32 heavy (non-hydrogen) atoms. The van der Waals surface area contributed by atoms with Crippen molar-refractivity contribution in [2.24, 2.45) is 5.92 Å². The van der Waals surface area contributed by atoms with Gasteiger partial charge in [-0.2, -0.15) is 23.4 Å². The number of amides is 1. The molecule has 0 saturated heterocycles. The van der Waals surface area contributed by atoms with Crippen LogP contribution in [0, 0.1) is 12.8 Å². The molecule has 11 heteroatoms. The molecule has 3 heterocycles. The quantitative estimate of drug-likeness (QED) is 0.551. The molecule has 0 radical (unpaired) electrons. The van der Waals surface area contributed by atoms with Crippen molar-refractivity contribution in [3.8, 4) is 5.69 Å². The molecular weight excluding hydrogens is 423 g/mol. The van der Waals surface area contributed by atoms with Crippen LogP contribution in [0.5, 0.6) is 0 Å². The lowest BCUT2D eigenvalue weighted by Gasteiger charge is -2.31. The van der Waals surface area contributed by atoms with Gasteiger partial charge in [-0.3, -0.25) is 4.79 Å². The van der Waals surface area contributed by atoms with Crippen molar-refractivity contribution in [2.45, 2.75) is 45.8 Å². The van der Waals surface area contributed by atoms with Gasteiger partial charge in [0.2, 0.25) is 0 Å². The minimum absolute atomic E-state index is 0.0782. The van der Waals surface area contributed by atoms with Crippen LogP contribution >= 0.6 is 0 Å². The largest absolute Gasteiger partial charge is 0.419 e. The van der Waals surface area contributed by atoms with Crippen LogP contribution in [-0.2, 0) is 12.6 Å². The zero-order chi connectivity index (χ0) is 23.5. The lowest BCUT2D eigenvalue weighted by Crippen LogP contribution is -2.41. The predicted octanol–water partition coefficient (Wildman–Crippen LogP) is 3.51. The third-order valence-corrected chi connectivity index (χ3v) is 5.13. The fraction of sp³-hybridized carbons (Fsp3) is 0.429. The van der Waals surface area contributed by atoms with Gasteiger partial charge in [0.1, 0.15) is 11.5 Å². The van der Waals surface area contributed by atoms with Crippen molar-refractivity contribution < 1.29 is 18.0 Å². The molecule has 1 amide bonds. The molecule has 0 saturated carbocycles. The van der Waals surface area contributed by atoms with Crippen LogP contribution in [0.3, 0.4) is 0 Å². The number of nitrogens with zero attached hydrogens (tertiary/aromatic N) is 7. The Kier molecular flexibility index (Phi) is 6.85. The van der Waals surface area contributed by atoms with Gasteiger partial charge in [0, 0.05) is 37.6 Å². The topological polar surface area (TPSA) is 89.7 Å². The first-order chi connectivity index (χ1) is 15.1.